The molecule has 0 unspecified atom stereocenters. The van der Waals surface area contributed by atoms with E-state index in [1.165, 1.54) is 13.2 Å². The highest BCUT2D eigenvalue weighted by atomic mass is 35.5. The number of carbonyl (C=O) groups excluding carboxylic acids is 1. The summed E-state index contributed by atoms with van der Waals surface area (Å²) in [5, 5.41) is 13.6. The van der Waals surface area contributed by atoms with Crippen molar-refractivity contribution in [3.05, 3.63) is 58.2 Å². The number of aromatic nitrogens is 1. The summed E-state index contributed by atoms with van der Waals surface area (Å²) in [4.78, 5) is 16.2. The van der Waals surface area contributed by atoms with Crippen molar-refractivity contribution in [1.29, 1.82) is 0 Å². The van der Waals surface area contributed by atoms with Gasteiger partial charge in [0.25, 0.3) is 5.91 Å². The van der Waals surface area contributed by atoms with Crippen LogP contribution in [-0.2, 0) is 23.1 Å². The number of alkyl halides is 3. The van der Waals surface area contributed by atoms with E-state index in [2.05, 4.69) is 10.3 Å². The van der Waals surface area contributed by atoms with Crippen LogP contribution < -0.4 is 10.1 Å². The minimum atomic E-state index is -4.58. The Labute approximate surface area is 159 Å². The number of ether oxygens (including phenoxy) is 1. The fourth-order valence-corrected chi connectivity index (χ4v) is 2.72. The number of nitrogens with zero attached hydrogens (tertiary/aromatic N) is 1. The maximum atomic E-state index is 12.9. The summed E-state index contributed by atoms with van der Waals surface area (Å²) in [7, 11) is 1.26. The number of rotatable bonds is 6. The van der Waals surface area contributed by atoms with Crippen LogP contribution in [0.4, 0.5) is 13.2 Å². The van der Waals surface area contributed by atoms with Gasteiger partial charge in [0.2, 0.25) is 5.88 Å². The molecule has 146 valence electrons. The van der Waals surface area contributed by atoms with Crippen molar-refractivity contribution in [3.63, 3.8) is 0 Å². The molecule has 0 saturated carbocycles. The number of amides is 1. The third kappa shape index (κ3) is 4.70. The van der Waals surface area contributed by atoms with Gasteiger partial charge in [-0.25, -0.2) is 4.98 Å². The zero-order valence-corrected chi connectivity index (χ0v) is 15.4. The lowest BCUT2D eigenvalue weighted by atomic mass is 9.90. The summed E-state index contributed by atoms with van der Waals surface area (Å²) in [6, 6.07) is 7.03. The van der Waals surface area contributed by atoms with Crippen LogP contribution in [0.25, 0.3) is 0 Å². The third-order valence-corrected chi connectivity index (χ3v) is 4.31. The Morgan fingerprint density at radius 3 is 2.56 bits per heavy atom. The molecular weight excluding hydrogens is 385 g/mol. The van der Waals surface area contributed by atoms with E-state index in [9.17, 15) is 23.1 Å². The first-order valence-electron chi connectivity index (χ1n) is 7.98. The maximum absolute atomic E-state index is 12.9. The molecule has 1 aromatic carbocycles. The monoisotopic (exact) mass is 402 g/mol. The number of methoxy groups -OCH3 is 1. The average Bonchev–Trinajstić information content (AvgIpc) is 2.64. The molecule has 2 aromatic rings. The zero-order valence-electron chi connectivity index (χ0n) is 14.6. The van der Waals surface area contributed by atoms with Crippen LogP contribution in [-0.4, -0.2) is 23.1 Å². The van der Waals surface area contributed by atoms with Crippen LogP contribution in [0.1, 0.15) is 30.0 Å². The molecule has 2 rings (SSSR count). The minimum absolute atomic E-state index is 0.0326. The number of aliphatic hydroxyl groups is 1. The summed E-state index contributed by atoms with van der Waals surface area (Å²) in [5.41, 5.74) is -2.53. The smallest absolute Gasteiger partial charge is 0.417 e. The molecule has 1 heterocycles. The molecule has 27 heavy (non-hydrogen) atoms. The highest BCUT2D eigenvalue weighted by Crippen LogP contribution is 2.32. The van der Waals surface area contributed by atoms with Crippen molar-refractivity contribution < 1.29 is 27.8 Å². The summed E-state index contributed by atoms with van der Waals surface area (Å²) < 4.78 is 43.6. The topological polar surface area (TPSA) is 71.5 Å². The first kappa shape index (κ1) is 21.0. The molecule has 0 saturated heterocycles. The second-order valence-corrected chi connectivity index (χ2v) is 6.23. The molecule has 2 N–H and O–H groups in total. The number of hydrogen-bond donors (Lipinski definition) is 2. The molecule has 0 aliphatic rings. The Morgan fingerprint density at radius 1 is 1.30 bits per heavy atom. The molecule has 1 amide bonds. The Hall–Kier alpha value is -2.32. The van der Waals surface area contributed by atoms with E-state index in [0.29, 0.717) is 11.2 Å². The molecule has 0 fully saturated rings. The van der Waals surface area contributed by atoms with Gasteiger partial charge in [0.05, 0.1) is 12.7 Å². The molecule has 5 nitrogen and oxygen atoms in total. The van der Waals surface area contributed by atoms with Gasteiger partial charge < -0.3 is 15.2 Å². The number of carbonyl (C=O) groups is 1. The van der Waals surface area contributed by atoms with Crippen molar-refractivity contribution in [1.82, 2.24) is 10.3 Å². The van der Waals surface area contributed by atoms with E-state index < -0.39 is 23.2 Å². The van der Waals surface area contributed by atoms with Crippen LogP contribution in [0, 0.1) is 0 Å². The van der Waals surface area contributed by atoms with Crippen LogP contribution in [0.2, 0.25) is 5.02 Å². The predicted octanol–water partition coefficient (Wildman–Crippen LogP) is 3.68. The summed E-state index contributed by atoms with van der Waals surface area (Å²) in [6.07, 6.45) is -3.89. The van der Waals surface area contributed by atoms with E-state index in [1.54, 1.807) is 25.1 Å². The lowest BCUT2D eigenvalue weighted by Crippen LogP contribution is -2.43. The lowest BCUT2D eigenvalue weighted by molar-refractivity contribution is -0.141. The van der Waals surface area contributed by atoms with Gasteiger partial charge in [0, 0.05) is 23.3 Å². The van der Waals surface area contributed by atoms with Gasteiger partial charge in [-0.1, -0.05) is 30.7 Å². The highest BCUT2D eigenvalue weighted by Gasteiger charge is 2.36. The van der Waals surface area contributed by atoms with Gasteiger partial charge >= 0.3 is 6.18 Å². The second kappa shape index (κ2) is 8.14. The third-order valence-electron chi connectivity index (χ3n) is 4.07. The molecule has 1 atom stereocenters. The molecule has 0 spiro atoms. The van der Waals surface area contributed by atoms with E-state index in [0.717, 1.165) is 6.07 Å². The molecule has 1 aromatic heterocycles. The fraction of sp³-hybridized carbons (Fsp3) is 0.333. The van der Waals surface area contributed by atoms with Gasteiger partial charge in [0.1, 0.15) is 0 Å². The summed E-state index contributed by atoms with van der Waals surface area (Å²) in [5.74, 6) is -0.821. The SMILES string of the molecule is CC[C@](O)(C(=O)NCc1cc(C(F)(F)F)cnc1OC)c1cccc(Cl)c1. The lowest BCUT2D eigenvalue weighted by Gasteiger charge is -2.26. The first-order valence-corrected chi connectivity index (χ1v) is 8.36. The number of benzene rings is 1. The number of hydrogen-bond acceptors (Lipinski definition) is 4. The maximum Gasteiger partial charge on any atom is 0.417 e. The van der Waals surface area contributed by atoms with Crippen molar-refractivity contribution >= 4 is 17.5 Å². The van der Waals surface area contributed by atoms with E-state index in [4.69, 9.17) is 16.3 Å². The quantitative estimate of drug-likeness (QED) is 0.773. The second-order valence-electron chi connectivity index (χ2n) is 5.80. The molecule has 0 radical (unpaired) electrons. The average molecular weight is 403 g/mol. The van der Waals surface area contributed by atoms with Gasteiger partial charge in [-0.2, -0.15) is 13.2 Å². The van der Waals surface area contributed by atoms with E-state index in [1.807, 2.05) is 0 Å². The van der Waals surface area contributed by atoms with Crippen molar-refractivity contribution in [2.24, 2.45) is 0 Å². The molecule has 0 bridgehead atoms. The van der Waals surface area contributed by atoms with Crippen molar-refractivity contribution in [2.45, 2.75) is 31.7 Å². The largest absolute Gasteiger partial charge is 0.481 e. The van der Waals surface area contributed by atoms with Gasteiger partial charge in [-0.15, -0.1) is 0 Å². The normalized spacial score (nSPS) is 13.7. The highest BCUT2D eigenvalue weighted by molar-refractivity contribution is 6.30. The van der Waals surface area contributed by atoms with Crippen LogP contribution >= 0.6 is 11.6 Å². The molecular formula is C18H18ClF3N2O3. The van der Waals surface area contributed by atoms with E-state index in [-0.39, 0.29) is 30.0 Å². The Bertz CT molecular complexity index is 830. The molecule has 9 heteroatoms. The first-order chi connectivity index (χ1) is 12.6. The zero-order chi connectivity index (χ0) is 20.2. The Kier molecular flexibility index (Phi) is 6.33. The Balaban J connectivity index is 2.25. The fourth-order valence-electron chi connectivity index (χ4n) is 2.53. The number of nitrogens with one attached hydrogen (secondary N) is 1. The van der Waals surface area contributed by atoms with Crippen molar-refractivity contribution in [2.75, 3.05) is 7.11 Å². The number of pyridine rings is 1. The van der Waals surface area contributed by atoms with Gasteiger partial charge in [0.15, 0.2) is 5.60 Å². The van der Waals surface area contributed by atoms with Crippen molar-refractivity contribution in [3.8, 4) is 5.88 Å². The Morgan fingerprint density at radius 2 is 2.00 bits per heavy atom. The predicted molar refractivity (Wildman–Crippen MR) is 93.3 cm³/mol. The van der Waals surface area contributed by atoms with Crippen LogP contribution in [0.3, 0.4) is 0 Å². The summed E-state index contributed by atoms with van der Waals surface area (Å²) >= 11 is 5.91. The van der Waals surface area contributed by atoms with Crippen LogP contribution in [0.5, 0.6) is 5.88 Å². The molecule has 0 aliphatic carbocycles. The summed E-state index contributed by atoms with van der Waals surface area (Å²) in [6.45, 7) is 1.30. The van der Waals surface area contributed by atoms with Crippen LogP contribution in [0.15, 0.2) is 36.5 Å². The number of halogens is 4. The molecule has 0 aliphatic heterocycles. The van der Waals surface area contributed by atoms with Gasteiger partial charge in [-0.05, 0) is 30.2 Å². The standard InChI is InChI=1S/C18H18ClF3N2O3/c1-3-17(26,12-5-4-6-14(19)8-12)16(25)24-9-11-7-13(18(20,21)22)10-23-15(11)27-2/h4-8,10,26H,3,9H2,1-2H3,(H,24,25)/t17-/m1/s1. The van der Waals surface area contributed by atoms with Gasteiger partial charge in [-0.3, -0.25) is 4.79 Å². The van der Waals surface area contributed by atoms with E-state index >= 15 is 0 Å². The minimum Gasteiger partial charge on any atom is -0.481 e.